The monoisotopic (exact) mass is 595 g/mol. The van der Waals surface area contributed by atoms with E-state index in [4.69, 9.17) is 4.74 Å². The van der Waals surface area contributed by atoms with E-state index in [1.54, 1.807) is 32.3 Å². The Balaban J connectivity index is 1.48. The maximum atomic E-state index is 14.7. The number of carbonyl (C=O) groups excluding carboxylic acids is 3. The number of esters is 1. The number of hydrogen-bond donors (Lipinski definition) is 1. The third kappa shape index (κ3) is 5.15. The number of nitrogens with zero attached hydrogens (tertiary/aromatic N) is 5. The van der Waals surface area contributed by atoms with Crippen LogP contribution in [0.3, 0.4) is 0 Å². The first-order chi connectivity index (χ1) is 20.3. The summed E-state index contributed by atoms with van der Waals surface area (Å²) in [6, 6.07) is 6.12. The van der Waals surface area contributed by atoms with Crippen molar-refractivity contribution in [2.75, 3.05) is 19.8 Å². The first kappa shape index (κ1) is 30.3. The van der Waals surface area contributed by atoms with Crippen molar-refractivity contribution in [1.29, 1.82) is 0 Å². The van der Waals surface area contributed by atoms with E-state index in [0.29, 0.717) is 13.0 Å². The zero-order valence-corrected chi connectivity index (χ0v) is 25.2. The molecule has 1 aromatic carbocycles. The van der Waals surface area contributed by atoms with Crippen LogP contribution in [0, 0.1) is 17.8 Å². The van der Waals surface area contributed by atoms with Crippen molar-refractivity contribution in [2.24, 2.45) is 17.8 Å². The molecule has 42 heavy (non-hydrogen) atoms. The van der Waals surface area contributed by atoms with E-state index in [-0.39, 0.29) is 48.8 Å². The lowest BCUT2D eigenvalue weighted by Crippen LogP contribution is -2.58. The van der Waals surface area contributed by atoms with Gasteiger partial charge in [-0.25, -0.2) is 4.68 Å². The number of allylic oxidation sites excluding steroid dienone is 1. The fraction of sp³-hybridized carbons (Fsp3) is 0.581. The zero-order chi connectivity index (χ0) is 30.0. The lowest BCUT2D eigenvalue weighted by molar-refractivity contribution is -0.155. The molecule has 3 aliphatic heterocycles. The molecule has 2 amide bonds. The number of aliphatic hydroxyl groups is 1. The van der Waals surface area contributed by atoms with Gasteiger partial charge in [-0.3, -0.25) is 14.4 Å². The standard InChI is InChI=1S/C31H41N5O5S/c1-5-7-8-11-17-41-30(40)25-24-14-15-31(42-24)26(25)28(38)36(23(18-37)20(3)4)27(31)29(39)34(16-6-2)19-35-22-13-10-9-12-21(22)32-33-35/h5-6,9-10,12-13,20,23-27,37H,1-2,7-8,11,14-19H2,3-4H3/t23-,24-,25+,26-,27?,31?/m0/s1. The lowest BCUT2D eigenvalue weighted by atomic mass is 9.71. The normalized spacial score (nSPS) is 27.0. The van der Waals surface area contributed by atoms with Gasteiger partial charge in [0.2, 0.25) is 11.8 Å². The number of para-hydroxylation sites is 1. The molecular formula is C31H41N5O5S. The van der Waals surface area contributed by atoms with Gasteiger partial charge in [-0.15, -0.1) is 30.0 Å². The van der Waals surface area contributed by atoms with Gasteiger partial charge >= 0.3 is 5.97 Å². The molecule has 0 aliphatic carbocycles. The number of fused-ring (bicyclic) bond motifs is 2. The van der Waals surface area contributed by atoms with Crippen LogP contribution in [0.1, 0.15) is 46.0 Å². The number of amides is 2. The zero-order valence-electron chi connectivity index (χ0n) is 24.4. The minimum atomic E-state index is -0.843. The van der Waals surface area contributed by atoms with Crippen molar-refractivity contribution in [3.63, 3.8) is 0 Å². The first-order valence-corrected chi connectivity index (χ1v) is 15.7. The van der Waals surface area contributed by atoms with E-state index >= 15 is 0 Å². The maximum absolute atomic E-state index is 14.7. The van der Waals surface area contributed by atoms with Crippen LogP contribution in [0.5, 0.6) is 0 Å². The number of rotatable bonds is 14. The third-order valence-corrected chi connectivity index (χ3v) is 10.9. The fourth-order valence-corrected chi connectivity index (χ4v) is 9.19. The second kappa shape index (κ2) is 12.6. The van der Waals surface area contributed by atoms with E-state index in [1.165, 1.54) is 0 Å². The van der Waals surface area contributed by atoms with Gasteiger partial charge in [0.15, 0.2) is 0 Å². The quantitative estimate of drug-likeness (QED) is 0.201. The molecule has 11 heteroatoms. The Hall–Kier alpha value is -3.18. The van der Waals surface area contributed by atoms with Crippen molar-refractivity contribution < 1.29 is 24.2 Å². The molecule has 6 atom stereocenters. The van der Waals surface area contributed by atoms with Crippen LogP contribution in [-0.2, 0) is 25.8 Å². The number of carbonyl (C=O) groups is 3. The summed E-state index contributed by atoms with van der Waals surface area (Å²) >= 11 is 1.60. The van der Waals surface area contributed by atoms with Crippen molar-refractivity contribution in [3.8, 4) is 0 Å². The predicted molar refractivity (Wildman–Crippen MR) is 161 cm³/mol. The number of unbranched alkanes of at least 4 members (excludes halogenated alkanes) is 2. The van der Waals surface area contributed by atoms with Crippen LogP contribution < -0.4 is 0 Å². The topological polar surface area (TPSA) is 118 Å². The minimum absolute atomic E-state index is 0.0872. The number of thioether (sulfide) groups is 1. The Morgan fingerprint density at radius 2 is 2.05 bits per heavy atom. The molecule has 0 radical (unpaired) electrons. The number of likely N-dealkylation sites (tertiary alicyclic amines) is 1. The number of benzene rings is 1. The highest BCUT2D eigenvalue weighted by Gasteiger charge is 2.75. The number of ether oxygens (including phenoxy) is 1. The van der Waals surface area contributed by atoms with Gasteiger partial charge in [-0.2, -0.15) is 0 Å². The average Bonchev–Trinajstić information content (AvgIpc) is 3.72. The lowest BCUT2D eigenvalue weighted by Gasteiger charge is -2.40. The minimum Gasteiger partial charge on any atom is -0.465 e. The Labute approximate surface area is 251 Å². The molecule has 3 fully saturated rings. The summed E-state index contributed by atoms with van der Waals surface area (Å²) in [6.07, 6.45) is 7.32. The van der Waals surface area contributed by atoms with Gasteiger partial charge in [-0.05, 0) is 50.2 Å². The van der Waals surface area contributed by atoms with E-state index in [2.05, 4.69) is 23.5 Å². The first-order valence-electron chi connectivity index (χ1n) is 14.8. The molecule has 1 spiro atoms. The van der Waals surface area contributed by atoms with E-state index < -0.39 is 28.7 Å². The summed E-state index contributed by atoms with van der Waals surface area (Å²) < 4.78 is 6.60. The molecule has 3 saturated heterocycles. The van der Waals surface area contributed by atoms with Gasteiger partial charge in [0.05, 0.1) is 41.4 Å². The van der Waals surface area contributed by atoms with Crippen molar-refractivity contribution >= 4 is 40.6 Å². The molecule has 10 nitrogen and oxygen atoms in total. The molecule has 0 saturated carbocycles. The SMILES string of the molecule is C=CCCCCOC(=O)[C@@H]1[C@@H]2CCC3(S2)C(C(=O)N(CC=C)Cn2nnc4ccccc42)N([C@@H](CO)C(C)C)C(=O)[C@H]13. The van der Waals surface area contributed by atoms with Gasteiger partial charge in [0.1, 0.15) is 18.2 Å². The summed E-state index contributed by atoms with van der Waals surface area (Å²) in [5, 5.41) is 18.9. The van der Waals surface area contributed by atoms with Crippen LogP contribution >= 0.6 is 11.8 Å². The van der Waals surface area contributed by atoms with Crippen LogP contribution in [0.4, 0.5) is 0 Å². The third-order valence-electron chi connectivity index (χ3n) is 8.99. The summed E-state index contributed by atoms with van der Waals surface area (Å²) in [4.78, 5) is 45.8. The van der Waals surface area contributed by atoms with E-state index in [1.807, 2.05) is 44.2 Å². The molecule has 5 rings (SSSR count). The molecule has 1 N–H and O–H groups in total. The summed E-state index contributed by atoms with van der Waals surface area (Å²) in [5.41, 5.74) is 1.51. The van der Waals surface area contributed by atoms with Crippen molar-refractivity contribution in [3.05, 3.63) is 49.6 Å². The number of hydrogen-bond acceptors (Lipinski definition) is 8. The Bertz CT molecular complexity index is 1350. The maximum Gasteiger partial charge on any atom is 0.310 e. The second-order valence-electron chi connectivity index (χ2n) is 11.8. The van der Waals surface area contributed by atoms with Gasteiger partial charge < -0.3 is 19.6 Å². The summed E-state index contributed by atoms with van der Waals surface area (Å²) in [6.45, 7) is 11.9. The predicted octanol–water partition coefficient (Wildman–Crippen LogP) is 3.41. The highest BCUT2D eigenvalue weighted by molar-refractivity contribution is 8.02. The Kier molecular flexibility index (Phi) is 9.08. The number of aliphatic hydroxyl groups excluding tert-OH is 1. The van der Waals surface area contributed by atoms with Crippen molar-refractivity contribution in [1.82, 2.24) is 24.8 Å². The highest BCUT2D eigenvalue weighted by atomic mass is 32.2. The highest BCUT2D eigenvalue weighted by Crippen LogP contribution is 2.67. The molecule has 1 aromatic heterocycles. The number of aromatic nitrogens is 3. The molecule has 4 heterocycles. The van der Waals surface area contributed by atoms with Crippen molar-refractivity contribution in [2.45, 2.75) is 74.7 Å². The van der Waals surface area contributed by atoms with Crippen LogP contribution in [0.2, 0.25) is 0 Å². The molecule has 2 unspecified atom stereocenters. The summed E-state index contributed by atoms with van der Waals surface area (Å²) in [7, 11) is 0. The Morgan fingerprint density at radius 1 is 1.26 bits per heavy atom. The molecule has 2 bridgehead atoms. The average molecular weight is 596 g/mol. The fourth-order valence-electron chi connectivity index (χ4n) is 7.01. The second-order valence-corrected chi connectivity index (χ2v) is 13.4. The van der Waals surface area contributed by atoms with Gasteiger partial charge in [-0.1, -0.05) is 43.3 Å². The molecule has 226 valence electrons. The van der Waals surface area contributed by atoms with Crippen LogP contribution in [-0.4, -0.2) is 89.5 Å². The van der Waals surface area contributed by atoms with Gasteiger partial charge in [0, 0.05) is 11.8 Å². The van der Waals surface area contributed by atoms with Crippen LogP contribution in [0.15, 0.2) is 49.6 Å². The summed E-state index contributed by atoms with van der Waals surface area (Å²) in [5.74, 6) is -2.24. The Morgan fingerprint density at radius 3 is 2.76 bits per heavy atom. The molecule has 2 aromatic rings. The van der Waals surface area contributed by atoms with E-state index in [0.717, 1.165) is 36.7 Å². The largest absolute Gasteiger partial charge is 0.465 e. The van der Waals surface area contributed by atoms with Gasteiger partial charge in [0.25, 0.3) is 0 Å². The van der Waals surface area contributed by atoms with Crippen LogP contribution in [0.25, 0.3) is 11.0 Å². The van der Waals surface area contributed by atoms with E-state index in [9.17, 15) is 19.5 Å². The molecular weight excluding hydrogens is 554 g/mol. The molecule has 3 aliphatic rings. The smallest absolute Gasteiger partial charge is 0.310 e.